The third-order valence-electron chi connectivity index (χ3n) is 2.78. The number of anilines is 1. The lowest BCUT2D eigenvalue weighted by Crippen LogP contribution is -2.28. The fourth-order valence-electron chi connectivity index (χ4n) is 1.66. The highest BCUT2D eigenvalue weighted by Gasteiger charge is 2.15. The first kappa shape index (κ1) is 14.2. The molecule has 18 heavy (non-hydrogen) atoms. The van der Waals surface area contributed by atoms with E-state index < -0.39 is 11.9 Å². The average molecular weight is 253 g/mol. The van der Waals surface area contributed by atoms with Crippen molar-refractivity contribution >= 4 is 11.7 Å². The lowest BCUT2D eigenvalue weighted by atomic mass is 10.1. The summed E-state index contributed by atoms with van der Waals surface area (Å²) in [5.74, 6) is 0.0520. The standard InChI is InChI=1S/C13H19NO4/c1-9(13(15)16)8-14(2)10-5-6-11(17-3)12(7-10)18-4/h5-7,9H,8H2,1-4H3,(H,15,16). The predicted molar refractivity (Wildman–Crippen MR) is 69.6 cm³/mol. The Morgan fingerprint density at radius 2 is 1.94 bits per heavy atom. The number of carboxylic acids is 1. The van der Waals surface area contributed by atoms with Gasteiger partial charge in [0.15, 0.2) is 11.5 Å². The summed E-state index contributed by atoms with van der Waals surface area (Å²) in [5, 5.41) is 8.89. The first-order valence-electron chi connectivity index (χ1n) is 5.65. The van der Waals surface area contributed by atoms with Gasteiger partial charge in [0.2, 0.25) is 0 Å². The molecule has 5 heteroatoms. The molecule has 1 aromatic carbocycles. The van der Waals surface area contributed by atoms with Crippen molar-refractivity contribution in [2.45, 2.75) is 6.92 Å². The Morgan fingerprint density at radius 1 is 1.33 bits per heavy atom. The number of ether oxygens (including phenoxy) is 2. The second kappa shape index (κ2) is 6.14. The molecule has 0 bridgehead atoms. The van der Waals surface area contributed by atoms with Crippen molar-refractivity contribution in [2.24, 2.45) is 5.92 Å². The number of rotatable bonds is 6. The van der Waals surface area contributed by atoms with Gasteiger partial charge in [-0.25, -0.2) is 0 Å². The summed E-state index contributed by atoms with van der Waals surface area (Å²) in [6, 6.07) is 5.50. The minimum atomic E-state index is -0.803. The molecule has 0 radical (unpaired) electrons. The Kier molecular flexibility index (Phi) is 4.83. The second-order valence-corrected chi connectivity index (χ2v) is 4.16. The van der Waals surface area contributed by atoms with E-state index in [1.54, 1.807) is 27.2 Å². The Bertz CT molecular complexity index is 419. The van der Waals surface area contributed by atoms with E-state index in [4.69, 9.17) is 14.6 Å². The topological polar surface area (TPSA) is 59.0 Å². The van der Waals surface area contributed by atoms with E-state index in [0.717, 1.165) is 5.69 Å². The van der Waals surface area contributed by atoms with Crippen LogP contribution in [0.5, 0.6) is 11.5 Å². The van der Waals surface area contributed by atoms with Crippen molar-refractivity contribution in [3.8, 4) is 11.5 Å². The molecule has 1 rings (SSSR count). The summed E-state index contributed by atoms with van der Waals surface area (Å²) in [7, 11) is 5.00. The highest BCUT2D eigenvalue weighted by molar-refractivity contribution is 5.70. The zero-order chi connectivity index (χ0) is 13.7. The zero-order valence-corrected chi connectivity index (χ0v) is 11.1. The van der Waals surface area contributed by atoms with Gasteiger partial charge in [-0.05, 0) is 12.1 Å². The van der Waals surface area contributed by atoms with Crippen LogP contribution in [0.1, 0.15) is 6.92 Å². The Morgan fingerprint density at radius 3 is 2.44 bits per heavy atom. The third-order valence-corrected chi connectivity index (χ3v) is 2.78. The molecule has 0 aliphatic rings. The van der Waals surface area contributed by atoms with Crippen molar-refractivity contribution in [3.63, 3.8) is 0 Å². The number of hydrogen-bond acceptors (Lipinski definition) is 4. The van der Waals surface area contributed by atoms with Gasteiger partial charge in [0.1, 0.15) is 0 Å². The first-order valence-corrected chi connectivity index (χ1v) is 5.65. The van der Waals surface area contributed by atoms with Gasteiger partial charge in [0.25, 0.3) is 0 Å². The van der Waals surface area contributed by atoms with Crippen LogP contribution >= 0.6 is 0 Å². The minimum absolute atomic E-state index is 0.428. The molecule has 0 amide bonds. The molecule has 0 spiro atoms. The largest absolute Gasteiger partial charge is 0.493 e. The maximum Gasteiger partial charge on any atom is 0.308 e. The highest BCUT2D eigenvalue weighted by Crippen LogP contribution is 2.31. The quantitative estimate of drug-likeness (QED) is 0.838. The summed E-state index contributed by atoms with van der Waals surface area (Å²) in [5.41, 5.74) is 0.890. The first-order chi connectivity index (χ1) is 8.49. The Balaban J connectivity index is 2.86. The van der Waals surface area contributed by atoms with E-state index in [0.29, 0.717) is 18.0 Å². The molecular weight excluding hydrogens is 234 g/mol. The van der Waals surface area contributed by atoms with Gasteiger partial charge in [0.05, 0.1) is 20.1 Å². The molecule has 0 saturated carbocycles. The van der Waals surface area contributed by atoms with Gasteiger partial charge < -0.3 is 19.5 Å². The fraction of sp³-hybridized carbons (Fsp3) is 0.462. The summed E-state index contributed by atoms with van der Waals surface area (Å²) in [4.78, 5) is 12.7. The highest BCUT2D eigenvalue weighted by atomic mass is 16.5. The number of nitrogens with zero attached hydrogens (tertiary/aromatic N) is 1. The number of carboxylic acid groups (broad SMARTS) is 1. The number of carbonyl (C=O) groups is 1. The van der Waals surface area contributed by atoms with E-state index in [2.05, 4.69) is 0 Å². The van der Waals surface area contributed by atoms with Gasteiger partial charge in [-0.3, -0.25) is 4.79 Å². The summed E-state index contributed by atoms with van der Waals surface area (Å²) in [6.07, 6.45) is 0. The molecule has 5 nitrogen and oxygen atoms in total. The molecule has 0 heterocycles. The van der Waals surface area contributed by atoms with Crippen LogP contribution < -0.4 is 14.4 Å². The van der Waals surface area contributed by atoms with E-state index in [-0.39, 0.29) is 0 Å². The number of methoxy groups -OCH3 is 2. The van der Waals surface area contributed by atoms with Crippen molar-refractivity contribution in [2.75, 3.05) is 32.7 Å². The number of benzene rings is 1. The normalized spacial score (nSPS) is 11.8. The SMILES string of the molecule is COc1ccc(N(C)CC(C)C(=O)O)cc1OC. The molecule has 0 aliphatic carbocycles. The van der Waals surface area contributed by atoms with E-state index in [1.165, 1.54) is 0 Å². The van der Waals surface area contributed by atoms with Crippen LogP contribution in [0.4, 0.5) is 5.69 Å². The second-order valence-electron chi connectivity index (χ2n) is 4.16. The van der Waals surface area contributed by atoms with Gasteiger partial charge in [-0.2, -0.15) is 0 Å². The lowest BCUT2D eigenvalue weighted by Gasteiger charge is -2.22. The van der Waals surface area contributed by atoms with Crippen LogP contribution in [0.15, 0.2) is 18.2 Å². The van der Waals surface area contributed by atoms with Crippen LogP contribution in [-0.4, -0.2) is 38.9 Å². The summed E-state index contributed by atoms with van der Waals surface area (Å²) in [6.45, 7) is 2.12. The predicted octanol–water partition coefficient (Wildman–Crippen LogP) is 1.86. The van der Waals surface area contributed by atoms with Crippen LogP contribution in [-0.2, 0) is 4.79 Å². The van der Waals surface area contributed by atoms with Gasteiger partial charge in [0, 0.05) is 25.3 Å². The molecule has 0 aliphatic heterocycles. The van der Waals surface area contributed by atoms with Crippen LogP contribution in [0, 0.1) is 5.92 Å². The number of hydrogen-bond donors (Lipinski definition) is 1. The Hall–Kier alpha value is -1.91. The third kappa shape index (κ3) is 3.29. The van der Waals surface area contributed by atoms with E-state index in [9.17, 15) is 4.79 Å². The monoisotopic (exact) mass is 253 g/mol. The number of aliphatic carboxylic acids is 1. The van der Waals surface area contributed by atoms with E-state index >= 15 is 0 Å². The smallest absolute Gasteiger partial charge is 0.308 e. The maximum atomic E-state index is 10.8. The van der Waals surface area contributed by atoms with Crippen molar-refractivity contribution in [3.05, 3.63) is 18.2 Å². The van der Waals surface area contributed by atoms with Crippen molar-refractivity contribution in [1.82, 2.24) is 0 Å². The molecule has 1 atom stereocenters. The summed E-state index contributed by atoms with van der Waals surface area (Å²) < 4.78 is 10.4. The molecule has 0 saturated heterocycles. The van der Waals surface area contributed by atoms with Crippen molar-refractivity contribution in [1.29, 1.82) is 0 Å². The molecular formula is C13H19NO4. The molecule has 1 N–H and O–H groups in total. The van der Waals surface area contributed by atoms with Crippen LogP contribution in [0.3, 0.4) is 0 Å². The van der Waals surface area contributed by atoms with Gasteiger partial charge >= 0.3 is 5.97 Å². The zero-order valence-electron chi connectivity index (χ0n) is 11.1. The molecule has 1 aromatic rings. The molecule has 0 fully saturated rings. The maximum absolute atomic E-state index is 10.8. The van der Waals surface area contributed by atoms with Crippen LogP contribution in [0.2, 0.25) is 0 Å². The van der Waals surface area contributed by atoms with Gasteiger partial charge in [-0.15, -0.1) is 0 Å². The summed E-state index contributed by atoms with van der Waals surface area (Å²) >= 11 is 0. The fourth-order valence-corrected chi connectivity index (χ4v) is 1.66. The Labute approximate surface area is 107 Å². The van der Waals surface area contributed by atoms with Crippen molar-refractivity contribution < 1.29 is 19.4 Å². The molecule has 0 aromatic heterocycles. The lowest BCUT2D eigenvalue weighted by molar-refractivity contribution is -0.140. The van der Waals surface area contributed by atoms with Crippen LogP contribution in [0.25, 0.3) is 0 Å². The van der Waals surface area contributed by atoms with Gasteiger partial charge in [-0.1, -0.05) is 6.92 Å². The minimum Gasteiger partial charge on any atom is -0.493 e. The molecule has 100 valence electrons. The average Bonchev–Trinajstić information content (AvgIpc) is 2.37. The molecule has 1 unspecified atom stereocenters. The van der Waals surface area contributed by atoms with E-state index in [1.807, 2.05) is 24.1 Å².